The Labute approximate surface area is 99.7 Å². The molecule has 0 saturated carbocycles. The van der Waals surface area contributed by atoms with Gasteiger partial charge in [-0.3, -0.25) is 4.90 Å². The van der Waals surface area contributed by atoms with Crippen LogP contribution < -0.4 is 5.32 Å². The topological polar surface area (TPSA) is 15.3 Å². The molecular weight excluding hydrogens is 196 g/mol. The molecule has 1 N–H and O–H groups in total. The zero-order valence-electron chi connectivity index (χ0n) is 10.7. The van der Waals surface area contributed by atoms with E-state index in [0.29, 0.717) is 6.17 Å². The van der Waals surface area contributed by atoms with Gasteiger partial charge < -0.3 is 5.32 Å². The summed E-state index contributed by atoms with van der Waals surface area (Å²) in [7, 11) is 0. The van der Waals surface area contributed by atoms with Crippen molar-refractivity contribution in [1.82, 2.24) is 10.2 Å². The summed E-state index contributed by atoms with van der Waals surface area (Å²) in [4.78, 5) is 2.51. The highest BCUT2D eigenvalue weighted by Crippen LogP contribution is 2.11. The van der Waals surface area contributed by atoms with E-state index in [2.05, 4.69) is 47.5 Å². The molecule has 0 bridgehead atoms. The third-order valence-electron chi connectivity index (χ3n) is 2.83. The summed E-state index contributed by atoms with van der Waals surface area (Å²) in [6.45, 7) is 9.62. The number of benzene rings is 1. The van der Waals surface area contributed by atoms with E-state index in [0.717, 1.165) is 13.1 Å². The molecular formula is C14H24N2. The van der Waals surface area contributed by atoms with Crippen molar-refractivity contribution in [2.45, 2.75) is 39.9 Å². The quantitative estimate of drug-likeness (QED) is 0.842. The molecule has 2 rings (SSSR count). The van der Waals surface area contributed by atoms with Gasteiger partial charge in [0.05, 0.1) is 6.17 Å². The van der Waals surface area contributed by atoms with Gasteiger partial charge in [0.25, 0.3) is 0 Å². The van der Waals surface area contributed by atoms with Crippen molar-refractivity contribution in [3.63, 3.8) is 0 Å². The summed E-state index contributed by atoms with van der Waals surface area (Å²) < 4.78 is 0. The molecule has 1 aromatic carbocycles. The average Bonchev–Trinajstić information content (AvgIpc) is 2.80. The Bertz CT molecular complexity index is 271. The minimum atomic E-state index is 0.579. The van der Waals surface area contributed by atoms with E-state index in [9.17, 15) is 0 Å². The van der Waals surface area contributed by atoms with Gasteiger partial charge in [0, 0.05) is 19.6 Å². The van der Waals surface area contributed by atoms with Gasteiger partial charge in [0.15, 0.2) is 0 Å². The summed E-state index contributed by atoms with van der Waals surface area (Å²) in [5.74, 6) is 0. The highest BCUT2D eigenvalue weighted by atomic mass is 15.3. The molecule has 16 heavy (non-hydrogen) atoms. The Morgan fingerprint density at radius 2 is 1.94 bits per heavy atom. The minimum absolute atomic E-state index is 0.579. The number of nitrogens with zero attached hydrogens (tertiary/aromatic N) is 1. The Hall–Kier alpha value is -0.860. The third-order valence-corrected chi connectivity index (χ3v) is 2.83. The first-order chi connectivity index (χ1) is 7.90. The number of hydrogen-bond donors (Lipinski definition) is 1. The maximum atomic E-state index is 3.50. The van der Waals surface area contributed by atoms with Gasteiger partial charge in [-0.05, 0) is 12.0 Å². The highest BCUT2D eigenvalue weighted by Gasteiger charge is 2.21. The van der Waals surface area contributed by atoms with Crippen molar-refractivity contribution >= 4 is 0 Å². The Kier molecular flexibility index (Phi) is 6.12. The lowest BCUT2D eigenvalue weighted by Gasteiger charge is -2.22. The molecule has 1 aromatic rings. The van der Waals surface area contributed by atoms with Crippen molar-refractivity contribution < 1.29 is 0 Å². The number of nitrogens with one attached hydrogen (secondary N) is 1. The van der Waals surface area contributed by atoms with Crippen LogP contribution >= 0.6 is 0 Å². The molecule has 2 heteroatoms. The number of hydrogen-bond acceptors (Lipinski definition) is 2. The molecule has 1 heterocycles. The minimum Gasteiger partial charge on any atom is -0.300 e. The molecule has 0 aliphatic carbocycles. The SMILES string of the molecule is CC.CCC1NCCN1Cc1ccccc1. The van der Waals surface area contributed by atoms with Crippen molar-refractivity contribution in [2.75, 3.05) is 13.1 Å². The second kappa shape index (κ2) is 7.42. The summed E-state index contributed by atoms with van der Waals surface area (Å²) in [6.07, 6.45) is 1.77. The lowest BCUT2D eigenvalue weighted by atomic mass is 10.2. The highest BCUT2D eigenvalue weighted by molar-refractivity contribution is 5.14. The number of rotatable bonds is 3. The zero-order valence-corrected chi connectivity index (χ0v) is 10.7. The Balaban J connectivity index is 0.000000606. The largest absolute Gasteiger partial charge is 0.300 e. The van der Waals surface area contributed by atoms with Crippen LogP contribution in [0.5, 0.6) is 0 Å². The van der Waals surface area contributed by atoms with Crippen molar-refractivity contribution in [3.8, 4) is 0 Å². The van der Waals surface area contributed by atoms with E-state index in [1.54, 1.807) is 0 Å². The normalized spacial score (nSPS) is 20.3. The summed E-state index contributed by atoms with van der Waals surface area (Å²) >= 11 is 0. The van der Waals surface area contributed by atoms with E-state index in [1.165, 1.54) is 18.5 Å². The molecule has 0 radical (unpaired) electrons. The summed E-state index contributed by atoms with van der Waals surface area (Å²) in [6, 6.07) is 10.7. The Morgan fingerprint density at radius 3 is 2.56 bits per heavy atom. The molecule has 1 aliphatic rings. The van der Waals surface area contributed by atoms with Crippen LogP contribution in [0.25, 0.3) is 0 Å². The van der Waals surface area contributed by atoms with E-state index in [-0.39, 0.29) is 0 Å². The first kappa shape index (κ1) is 13.2. The van der Waals surface area contributed by atoms with Crippen LogP contribution in [0.15, 0.2) is 30.3 Å². The van der Waals surface area contributed by atoms with Gasteiger partial charge in [-0.15, -0.1) is 0 Å². The molecule has 0 amide bonds. The molecule has 1 atom stereocenters. The van der Waals surface area contributed by atoms with Gasteiger partial charge >= 0.3 is 0 Å². The maximum Gasteiger partial charge on any atom is 0.0598 e. The fraction of sp³-hybridized carbons (Fsp3) is 0.571. The van der Waals surface area contributed by atoms with Gasteiger partial charge in [-0.1, -0.05) is 51.1 Å². The van der Waals surface area contributed by atoms with Crippen LogP contribution in [0.3, 0.4) is 0 Å². The second-order valence-corrected chi connectivity index (χ2v) is 3.83. The molecule has 0 spiro atoms. The zero-order chi connectivity index (χ0) is 11.8. The predicted molar refractivity (Wildman–Crippen MR) is 70.3 cm³/mol. The van der Waals surface area contributed by atoms with Crippen molar-refractivity contribution in [2.24, 2.45) is 0 Å². The van der Waals surface area contributed by atoms with Crippen LogP contribution in [0.4, 0.5) is 0 Å². The van der Waals surface area contributed by atoms with Crippen LogP contribution in [-0.2, 0) is 6.54 Å². The fourth-order valence-electron chi connectivity index (χ4n) is 2.07. The maximum absolute atomic E-state index is 3.50. The van der Waals surface area contributed by atoms with Crippen LogP contribution in [0, 0.1) is 0 Å². The average molecular weight is 220 g/mol. The molecule has 2 nitrogen and oxygen atoms in total. The van der Waals surface area contributed by atoms with E-state index >= 15 is 0 Å². The van der Waals surface area contributed by atoms with Gasteiger partial charge in [-0.25, -0.2) is 0 Å². The summed E-state index contributed by atoms with van der Waals surface area (Å²) in [5, 5.41) is 3.50. The third kappa shape index (κ3) is 3.62. The standard InChI is InChI=1S/C12H18N2.C2H6/c1-2-12-13-8-9-14(12)10-11-6-4-3-5-7-11;1-2/h3-7,12-13H,2,8-10H2,1H3;1-2H3. The molecule has 1 saturated heterocycles. The van der Waals surface area contributed by atoms with E-state index in [1.807, 2.05) is 13.8 Å². The first-order valence-electron chi connectivity index (χ1n) is 6.41. The van der Waals surface area contributed by atoms with Gasteiger partial charge in [0.1, 0.15) is 0 Å². The molecule has 0 aromatic heterocycles. The Morgan fingerprint density at radius 1 is 1.25 bits per heavy atom. The van der Waals surface area contributed by atoms with Crippen molar-refractivity contribution in [3.05, 3.63) is 35.9 Å². The van der Waals surface area contributed by atoms with E-state index < -0.39 is 0 Å². The van der Waals surface area contributed by atoms with Gasteiger partial charge in [-0.2, -0.15) is 0 Å². The van der Waals surface area contributed by atoms with Crippen molar-refractivity contribution in [1.29, 1.82) is 0 Å². The smallest absolute Gasteiger partial charge is 0.0598 e. The first-order valence-corrected chi connectivity index (χ1v) is 6.41. The fourth-order valence-corrected chi connectivity index (χ4v) is 2.07. The molecule has 90 valence electrons. The lowest BCUT2D eigenvalue weighted by Crippen LogP contribution is -2.34. The van der Waals surface area contributed by atoms with Gasteiger partial charge in [0.2, 0.25) is 0 Å². The van der Waals surface area contributed by atoms with Crippen LogP contribution in [0.1, 0.15) is 32.8 Å². The molecule has 1 unspecified atom stereocenters. The van der Waals surface area contributed by atoms with Crippen LogP contribution in [-0.4, -0.2) is 24.2 Å². The molecule has 1 aliphatic heterocycles. The van der Waals surface area contributed by atoms with E-state index in [4.69, 9.17) is 0 Å². The second-order valence-electron chi connectivity index (χ2n) is 3.83. The van der Waals surface area contributed by atoms with Crippen LogP contribution in [0.2, 0.25) is 0 Å². The predicted octanol–water partition coefficient (Wildman–Crippen LogP) is 2.85. The lowest BCUT2D eigenvalue weighted by molar-refractivity contribution is 0.227. The summed E-state index contributed by atoms with van der Waals surface area (Å²) in [5.41, 5.74) is 1.41. The molecule has 1 fully saturated rings. The monoisotopic (exact) mass is 220 g/mol.